The Kier molecular flexibility index (Phi) is 4.12. The second kappa shape index (κ2) is 5.19. The van der Waals surface area contributed by atoms with Crippen LogP contribution < -0.4 is 10.5 Å². The van der Waals surface area contributed by atoms with Crippen LogP contribution in [0.15, 0.2) is 24.3 Å². The molecule has 1 rings (SSSR count). The first-order valence-corrected chi connectivity index (χ1v) is 5.58. The molecule has 0 fully saturated rings. The van der Waals surface area contributed by atoms with Crippen LogP contribution in [0.1, 0.15) is 32.3 Å². The summed E-state index contributed by atoms with van der Waals surface area (Å²) in [5, 5.41) is 8.89. The summed E-state index contributed by atoms with van der Waals surface area (Å²) in [6.07, 6.45) is 0. The minimum absolute atomic E-state index is 0.0495. The average Bonchev–Trinajstić information content (AvgIpc) is 2.26. The maximum atomic E-state index is 10.9. The fourth-order valence-electron chi connectivity index (χ4n) is 1.38. The van der Waals surface area contributed by atoms with E-state index in [1.54, 1.807) is 0 Å². The first-order valence-electron chi connectivity index (χ1n) is 5.58. The number of hydrogen-bond donors (Lipinski definition) is 2. The Morgan fingerprint density at radius 1 is 1.47 bits per heavy atom. The third-order valence-electron chi connectivity index (χ3n) is 2.56. The van der Waals surface area contributed by atoms with Crippen molar-refractivity contribution in [3.8, 4) is 5.75 Å². The molecule has 3 N–H and O–H groups in total. The fraction of sp³-hybridized carbons (Fsp3) is 0.462. The largest absolute Gasteiger partial charge is 0.491 e. The standard InChI is InChI=1S/C13H19NO3/c1-9(2)10-6-4-5-7-11(10)17-8-13(3,14)12(15)16/h4-7,9H,8,14H2,1-3H3,(H,15,16). The minimum atomic E-state index is -1.37. The molecule has 0 aliphatic rings. The lowest BCUT2D eigenvalue weighted by Gasteiger charge is -2.21. The molecule has 0 saturated carbocycles. The molecule has 1 aromatic carbocycles. The highest BCUT2D eigenvalue weighted by molar-refractivity contribution is 5.78. The first kappa shape index (κ1) is 13.5. The number of carboxylic acids is 1. The van der Waals surface area contributed by atoms with Crippen LogP contribution in [0.5, 0.6) is 5.75 Å². The van der Waals surface area contributed by atoms with Gasteiger partial charge in [0, 0.05) is 0 Å². The number of carboxylic acid groups (broad SMARTS) is 1. The van der Waals surface area contributed by atoms with Crippen LogP contribution in [-0.2, 0) is 4.79 Å². The van der Waals surface area contributed by atoms with Gasteiger partial charge in [0.15, 0.2) is 0 Å². The molecule has 1 unspecified atom stereocenters. The van der Waals surface area contributed by atoms with Gasteiger partial charge in [-0.25, -0.2) is 0 Å². The van der Waals surface area contributed by atoms with Crippen molar-refractivity contribution in [3.63, 3.8) is 0 Å². The summed E-state index contributed by atoms with van der Waals surface area (Å²) in [5.74, 6) is -0.0555. The molecule has 0 saturated heterocycles. The molecule has 0 aliphatic heterocycles. The lowest BCUT2D eigenvalue weighted by Crippen LogP contribution is -2.50. The maximum absolute atomic E-state index is 10.9. The van der Waals surface area contributed by atoms with E-state index in [0.717, 1.165) is 5.56 Å². The molecular formula is C13H19NO3. The van der Waals surface area contributed by atoms with E-state index in [1.165, 1.54) is 6.92 Å². The van der Waals surface area contributed by atoms with Crippen molar-refractivity contribution in [1.29, 1.82) is 0 Å². The molecule has 4 nitrogen and oxygen atoms in total. The number of rotatable bonds is 5. The Morgan fingerprint density at radius 3 is 2.59 bits per heavy atom. The van der Waals surface area contributed by atoms with Crippen molar-refractivity contribution in [2.24, 2.45) is 5.73 Å². The molecule has 4 heteroatoms. The molecule has 0 heterocycles. The van der Waals surface area contributed by atoms with E-state index in [2.05, 4.69) is 13.8 Å². The number of benzene rings is 1. The fourth-order valence-corrected chi connectivity index (χ4v) is 1.38. The van der Waals surface area contributed by atoms with Gasteiger partial charge in [0.1, 0.15) is 17.9 Å². The summed E-state index contributed by atoms with van der Waals surface area (Å²) in [5.41, 5.74) is 5.29. The lowest BCUT2D eigenvalue weighted by molar-refractivity contribution is -0.143. The average molecular weight is 237 g/mol. The normalized spacial score (nSPS) is 14.4. The summed E-state index contributed by atoms with van der Waals surface area (Å²) in [6, 6.07) is 7.58. The zero-order valence-electron chi connectivity index (χ0n) is 10.4. The quantitative estimate of drug-likeness (QED) is 0.821. The Bertz CT molecular complexity index is 399. The summed E-state index contributed by atoms with van der Waals surface area (Å²) >= 11 is 0. The van der Waals surface area contributed by atoms with E-state index < -0.39 is 11.5 Å². The monoisotopic (exact) mass is 237 g/mol. The molecule has 0 aromatic heterocycles. The van der Waals surface area contributed by atoms with E-state index in [0.29, 0.717) is 11.7 Å². The zero-order valence-corrected chi connectivity index (χ0v) is 10.4. The van der Waals surface area contributed by atoms with Crippen molar-refractivity contribution in [3.05, 3.63) is 29.8 Å². The number of hydrogen-bond acceptors (Lipinski definition) is 3. The van der Waals surface area contributed by atoms with E-state index in [1.807, 2.05) is 24.3 Å². The number of ether oxygens (including phenoxy) is 1. The Hall–Kier alpha value is -1.55. The lowest BCUT2D eigenvalue weighted by atomic mass is 10.0. The molecule has 0 bridgehead atoms. The molecule has 0 spiro atoms. The Morgan fingerprint density at radius 2 is 2.06 bits per heavy atom. The van der Waals surface area contributed by atoms with Crippen LogP contribution in [0.2, 0.25) is 0 Å². The van der Waals surface area contributed by atoms with Crippen LogP contribution in [-0.4, -0.2) is 23.2 Å². The number of para-hydroxylation sites is 1. The van der Waals surface area contributed by atoms with Gasteiger partial charge in [-0.3, -0.25) is 4.79 Å². The van der Waals surface area contributed by atoms with E-state index in [9.17, 15) is 4.79 Å². The van der Waals surface area contributed by atoms with Gasteiger partial charge in [-0.2, -0.15) is 0 Å². The smallest absolute Gasteiger partial charge is 0.326 e. The van der Waals surface area contributed by atoms with E-state index in [4.69, 9.17) is 15.6 Å². The summed E-state index contributed by atoms with van der Waals surface area (Å²) in [6.45, 7) is 5.50. The van der Waals surface area contributed by atoms with Gasteiger partial charge in [0.2, 0.25) is 0 Å². The van der Waals surface area contributed by atoms with Crippen molar-refractivity contribution in [2.45, 2.75) is 32.2 Å². The summed E-state index contributed by atoms with van der Waals surface area (Å²) in [4.78, 5) is 10.9. The van der Waals surface area contributed by atoms with Gasteiger partial charge in [-0.1, -0.05) is 32.0 Å². The van der Waals surface area contributed by atoms with E-state index >= 15 is 0 Å². The highest BCUT2D eigenvalue weighted by Gasteiger charge is 2.29. The van der Waals surface area contributed by atoms with Gasteiger partial charge in [0.25, 0.3) is 0 Å². The molecule has 0 radical (unpaired) electrons. The summed E-state index contributed by atoms with van der Waals surface area (Å²) in [7, 11) is 0. The Labute approximate surface area is 101 Å². The number of nitrogens with two attached hydrogens (primary N) is 1. The molecule has 0 amide bonds. The minimum Gasteiger partial charge on any atom is -0.491 e. The molecule has 1 aromatic rings. The van der Waals surface area contributed by atoms with Crippen LogP contribution in [0.3, 0.4) is 0 Å². The maximum Gasteiger partial charge on any atom is 0.326 e. The number of carbonyl (C=O) groups is 1. The van der Waals surface area contributed by atoms with Crippen LogP contribution in [0.25, 0.3) is 0 Å². The predicted octanol–water partition coefficient (Wildman–Crippen LogP) is 1.99. The van der Waals surface area contributed by atoms with Crippen molar-refractivity contribution in [2.75, 3.05) is 6.61 Å². The van der Waals surface area contributed by atoms with Crippen LogP contribution >= 0.6 is 0 Å². The first-order chi connectivity index (χ1) is 7.84. The van der Waals surface area contributed by atoms with Crippen molar-refractivity contribution >= 4 is 5.97 Å². The topological polar surface area (TPSA) is 72.5 Å². The van der Waals surface area contributed by atoms with Crippen molar-refractivity contribution in [1.82, 2.24) is 0 Å². The third kappa shape index (κ3) is 3.46. The molecule has 0 aliphatic carbocycles. The van der Waals surface area contributed by atoms with Crippen LogP contribution in [0, 0.1) is 0 Å². The van der Waals surface area contributed by atoms with Gasteiger partial charge < -0.3 is 15.6 Å². The number of aliphatic carboxylic acids is 1. The summed E-state index contributed by atoms with van der Waals surface area (Å²) < 4.78 is 5.52. The van der Waals surface area contributed by atoms with Gasteiger partial charge in [-0.05, 0) is 24.5 Å². The SMILES string of the molecule is CC(C)c1ccccc1OCC(C)(N)C(=O)O. The molecule has 17 heavy (non-hydrogen) atoms. The van der Waals surface area contributed by atoms with Gasteiger partial charge >= 0.3 is 5.97 Å². The van der Waals surface area contributed by atoms with Gasteiger partial charge in [-0.15, -0.1) is 0 Å². The highest BCUT2D eigenvalue weighted by atomic mass is 16.5. The Balaban J connectivity index is 2.79. The highest BCUT2D eigenvalue weighted by Crippen LogP contribution is 2.26. The predicted molar refractivity (Wildman–Crippen MR) is 66.3 cm³/mol. The zero-order chi connectivity index (χ0) is 13.1. The molecular weight excluding hydrogens is 218 g/mol. The van der Waals surface area contributed by atoms with Crippen molar-refractivity contribution < 1.29 is 14.6 Å². The molecule has 1 atom stereocenters. The van der Waals surface area contributed by atoms with E-state index in [-0.39, 0.29) is 6.61 Å². The van der Waals surface area contributed by atoms with Gasteiger partial charge in [0.05, 0.1) is 0 Å². The van der Waals surface area contributed by atoms with Crippen LogP contribution in [0.4, 0.5) is 0 Å². The molecule has 94 valence electrons. The second-order valence-electron chi connectivity index (χ2n) is 4.70. The second-order valence-corrected chi connectivity index (χ2v) is 4.70. The third-order valence-corrected chi connectivity index (χ3v) is 2.56.